The van der Waals surface area contributed by atoms with Gasteiger partial charge in [-0.05, 0) is 12.1 Å². The van der Waals surface area contributed by atoms with Gasteiger partial charge in [-0.2, -0.15) is 0 Å². The molecule has 1 aromatic carbocycles. The Morgan fingerprint density at radius 1 is 1.59 bits per heavy atom. The molecule has 6 heteroatoms. The topological polar surface area (TPSA) is 81.9 Å². The third kappa shape index (κ3) is 2.15. The van der Waals surface area contributed by atoms with Gasteiger partial charge in [-0.1, -0.05) is 0 Å². The largest absolute Gasteiger partial charge is 0.481 e. The molecule has 0 saturated carbocycles. The number of fused-ring (bicyclic) bond motifs is 1. The van der Waals surface area contributed by atoms with E-state index in [2.05, 4.69) is 4.74 Å². The lowest BCUT2D eigenvalue weighted by Crippen LogP contribution is -2.42. The van der Waals surface area contributed by atoms with E-state index in [1.807, 2.05) is 0 Å². The SMILES string of the molecule is COC(=O)CN1C(=O)COc2cc(N)ccc21. The van der Waals surface area contributed by atoms with Crippen LogP contribution in [0.25, 0.3) is 0 Å². The fourth-order valence-electron chi connectivity index (χ4n) is 1.59. The van der Waals surface area contributed by atoms with E-state index in [0.717, 1.165) is 0 Å². The van der Waals surface area contributed by atoms with Gasteiger partial charge in [-0.25, -0.2) is 0 Å². The fraction of sp³-hybridized carbons (Fsp3) is 0.273. The minimum absolute atomic E-state index is 0.104. The first-order valence-electron chi connectivity index (χ1n) is 5.01. The summed E-state index contributed by atoms with van der Waals surface area (Å²) in [6.45, 7) is -0.233. The number of methoxy groups -OCH3 is 1. The lowest BCUT2D eigenvalue weighted by atomic mass is 10.2. The van der Waals surface area contributed by atoms with Gasteiger partial charge in [0.2, 0.25) is 0 Å². The van der Waals surface area contributed by atoms with Crippen LogP contribution in [0.5, 0.6) is 5.75 Å². The molecule has 0 atom stereocenters. The Balaban J connectivity index is 2.33. The quantitative estimate of drug-likeness (QED) is 0.584. The number of nitrogens with two attached hydrogens (primary N) is 1. The molecule has 0 saturated heterocycles. The summed E-state index contributed by atoms with van der Waals surface area (Å²) >= 11 is 0. The number of nitrogens with zero attached hydrogens (tertiary/aromatic N) is 1. The lowest BCUT2D eigenvalue weighted by molar-refractivity contribution is -0.140. The molecule has 0 radical (unpaired) electrons. The first kappa shape index (κ1) is 11.3. The molecule has 17 heavy (non-hydrogen) atoms. The minimum atomic E-state index is -0.483. The van der Waals surface area contributed by atoms with Crippen molar-refractivity contribution in [1.82, 2.24) is 0 Å². The van der Waals surface area contributed by atoms with Gasteiger partial charge in [0.15, 0.2) is 6.61 Å². The summed E-state index contributed by atoms with van der Waals surface area (Å²) < 4.78 is 9.78. The van der Waals surface area contributed by atoms with E-state index in [-0.39, 0.29) is 19.1 Å². The Labute approximate surface area is 97.9 Å². The third-order valence-corrected chi connectivity index (χ3v) is 2.44. The monoisotopic (exact) mass is 236 g/mol. The van der Waals surface area contributed by atoms with Crippen LogP contribution < -0.4 is 15.4 Å². The fourth-order valence-corrected chi connectivity index (χ4v) is 1.59. The first-order chi connectivity index (χ1) is 8.11. The highest BCUT2D eigenvalue weighted by Gasteiger charge is 2.27. The van der Waals surface area contributed by atoms with Crippen molar-refractivity contribution in [2.24, 2.45) is 0 Å². The zero-order valence-electron chi connectivity index (χ0n) is 9.30. The summed E-state index contributed by atoms with van der Waals surface area (Å²) in [6, 6.07) is 4.90. The highest BCUT2D eigenvalue weighted by Crippen LogP contribution is 2.33. The van der Waals surface area contributed by atoms with Crippen LogP contribution in [-0.4, -0.2) is 32.1 Å². The Kier molecular flexibility index (Phi) is 2.86. The summed E-state index contributed by atoms with van der Waals surface area (Å²) in [5, 5.41) is 0. The van der Waals surface area contributed by atoms with Crippen molar-refractivity contribution in [3.8, 4) is 5.75 Å². The molecule has 1 aliphatic heterocycles. The number of ether oxygens (including phenoxy) is 2. The molecular formula is C11H12N2O4. The number of carbonyl (C=O) groups is 2. The Morgan fingerprint density at radius 3 is 3.06 bits per heavy atom. The second-order valence-corrected chi connectivity index (χ2v) is 3.57. The third-order valence-electron chi connectivity index (χ3n) is 2.44. The molecule has 0 aliphatic carbocycles. The number of anilines is 2. The minimum Gasteiger partial charge on any atom is -0.481 e. The highest BCUT2D eigenvalue weighted by atomic mass is 16.5. The molecule has 1 aliphatic rings. The van der Waals surface area contributed by atoms with Crippen molar-refractivity contribution in [2.45, 2.75) is 0 Å². The van der Waals surface area contributed by atoms with Gasteiger partial charge in [0.1, 0.15) is 12.3 Å². The predicted octanol–water partition coefficient (Wildman–Crippen LogP) is 0.167. The van der Waals surface area contributed by atoms with E-state index in [1.54, 1.807) is 18.2 Å². The van der Waals surface area contributed by atoms with Crippen molar-refractivity contribution in [3.63, 3.8) is 0 Å². The van der Waals surface area contributed by atoms with Gasteiger partial charge in [-0.15, -0.1) is 0 Å². The van der Waals surface area contributed by atoms with Crippen LogP contribution in [0.1, 0.15) is 0 Å². The second-order valence-electron chi connectivity index (χ2n) is 3.57. The number of rotatable bonds is 2. The smallest absolute Gasteiger partial charge is 0.325 e. The molecule has 1 heterocycles. The lowest BCUT2D eigenvalue weighted by Gasteiger charge is -2.28. The molecular weight excluding hydrogens is 224 g/mol. The van der Waals surface area contributed by atoms with Crippen LogP contribution in [0, 0.1) is 0 Å². The van der Waals surface area contributed by atoms with Crippen molar-refractivity contribution in [3.05, 3.63) is 18.2 Å². The maximum Gasteiger partial charge on any atom is 0.325 e. The van der Waals surface area contributed by atoms with Crippen molar-refractivity contribution in [2.75, 3.05) is 30.9 Å². The summed E-state index contributed by atoms with van der Waals surface area (Å²) in [5.41, 5.74) is 6.68. The summed E-state index contributed by atoms with van der Waals surface area (Å²) in [5.74, 6) is -0.274. The number of nitrogen functional groups attached to an aromatic ring is 1. The first-order valence-corrected chi connectivity index (χ1v) is 5.01. The average Bonchev–Trinajstić information content (AvgIpc) is 2.32. The molecule has 0 spiro atoms. The number of carbonyl (C=O) groups excluding carboxylic acids is 2. The van der Waals surface area contributed by atoms with E-state index in [9.17, 15) is 9.59 Å². The second kappa shape index (κ2) is 4.32. The number of hydrogen-bond donors (Lipinski definition) is 1. The van der Waals surface area contributed by atoms with Gasteiger partial charge in [0.25, 0.3) is 5.91 Å². The van der Waals surface area contributed by atoms with Crippen LogP contribution in [0.15, 0.2) is 18.2 Å². The molecule has 0 aromatic heterocycles. The number of benzene rings is 1. The van der Waals surface area contributed by atoms with E-state index in [1.165, 1.54) is 12.0 Å². The van der Waals surface area contributed by atoms with Crippen molar-refractivity contribution < 1.29 is 19.1 Å². The van der Waals surface area contributed by atoms with Crippen LogP contribution in [0.4, 0.5) is 11.4 Å². The molecule has 1 amide bonds. The van der Waals surface area contributed by atoms with Crippen LogP contribution in [0.3, 0.4) is 0 Å². The van der Waals surface area contributed by atoms with Gasteiger partial charge < -0.3 is 15.2 Å². The van der Waals surface area contributed by atoms with Gasteiger partial charge in [0, 0.05) is 11.8 Å². The summed E-state index contributed by atoms with van der Waals surface area (Å²) in [6.07, 6.45) is 0. The zero-order chi connectivity index (χ0) is 12.4. The number of esters is 1. The summed E-state index contributed by atoms with van der Waals surface area (Å²) in [4.78, 5) is 24.2. The van der Waals surface area contributed by atoms with Gasteiger partial charge in [0.05, 0.1) is 12.8 Å². The molecule has 6 nitrogen and oxygen atoms in total. The molecule has 2 N–H and O–H groups in total. The standard InChI is InChI=1S/C11H12N2O4/c1-16-11(15)5-13-8-3-2-7(12)4-9(8)17-6-10(13)14/h2-4H,5-6,12H2,1H3. The normalized spacial score (nSPS) is 13.9. The van der Waals surface area contributed by atoms with Crippen LogP contribution >= 0.6 is 0 Å². The van der Waals surface area contributed by atoms with E-state index >= 15 is 0 Å². The molecule has 90 valence electrons. The Bertz CT molecular complexity index is 473. The van der Waals surface area contributed by atoms with Crippen molar-refractivity contribution >= 4 is 23.3 Å². The summed E-state index contributed by atoms with van der Waals surface area (Å²) in [7, 11) is 1.27. The Hall–Kier alpha value is -2.24. The van der Waals surface area contributed by atoms with Crippen LogP contribution in [0.2, 0.25) is 0 Å². The molecule has 0 unspecified atom stereocenters. The van der Waals surface area contributed by atoms with Gasteiger partial charge in [-0.3, -0.25) is 14.5 Å². The average molecular weight is 236 g/mol. The van der Waals surface area contributed by atoms with E-state index in [0.29, 0.717) is 17.1 Å². The maximum absolute atomic E-state index is 11.7. The molecule has 2 rings (SSSR count). The van der Waals surface area contributed by atoms with E-state index < -0.39 is 5.97 Å². The zero-order valence-corrected chi connectivity index (χ0v) is 9.30. The number of hydrogen-bond acceptors (Lipinski definition) is 5. The maximum atomic E-state index is 11.7. The highest BCUT2D eigenvalue weighted by molar-refractivity contribution is 6.01. The molecule has 1 aromatic rings. The van der Waals surface area contributed by atoms with Gasteiger partial charge >= 0.3 is 5.97 Å². The molecule has 0 bridgehead atoms. The number of amides is 1. The molecule has 0 fully saturated rings. The Morgan fingerprint density at radius 2 is 2.35 bits per heavy atom. The van der Waals surface area contributed by atoms with Crippen LogP contribution in [-0.2, 0) is 14.3 Å². The van der Waals surface area contributed by atoms with E-state index in [4.69, 9.17) is 10.5 Å². The predicted molar refractivity (Wildman–Crippen MR) is 60.7 cm³/mol. The van der Waals surface area contributed by atoms with Crippen molar-refractivity contribution in [1.29, 1.82) is 0 Å².